The second kappa shape index (κ2) is 9.81. The van der Waals surface area contributed by atoms with Crippen LogP contribution in [0.3, 0.4) is 0 Å². The molecule has 1 fully saturated rings. The Kier molecular flexibility index (Phi) is 6.86. The van der Waals surface area contributed by atoms with Crippen molar-refractivity contribution < 1.29 is 9.53 Å². The molecular weight excluding hydrogens is 414 g/mol. The Balaban J connectivity index is 1.66. The van der Waals surface area contributed by atoms with Gasteiger partial charge in [0.05, 0.1) is 19.2 Å². The van der Waals surface area contributed by atoms with Gasteiger partial charge in [0.15, 0.2) is 5.65 Å². The molecule has 1 aromatic carbocycles. The quantitative estimate of drug-likeness (QED) is 0.521. The summed E-state index contributed by atoms with van der Waals surface area (Å²) in [7, 11) is 5.61. The number of carbonyl (C=O) groups is 1. The van der Waals surface area contributed by atoms with Crippen LogP contribution in [0.2, 0.25) is 0 Å². The van der Waals surface area contributed by atoms with Crippen molar-refractivity contribution in [2.24, 2.45) is 0 Å². The molecule has 1 aliphatic carbocycles. The minimum Gasteiger partial charge on any atom is -0.496 e. The monoisotopic (exact) mass is 449 g/mol. The van der Waals surface area contributed by atoms with E-state index < -0.39 is 0 Å². The molecule has 2 aromatic heterocycles. The van der Waals surface area contributed by atoms with Gasteiger partial charge in [-0.25, -0.2) is 4.98 Å². The van der Waals surface area contributed by atoms with Gasteiger partial charge < -0.3 is 19.1 Å². The van der Waals surface area contributed by atoms with Gasteiger partial charge in [0.1, 0.15) is 5.75 Å². The molecule has 33 heavy (non-hydrogen) atoms. The highest BCUT2D eigenvalue weighted by atomic mass is 16.5. The Bertz CT molecular complexity index is 1120. The summed E-state index contributed by atoms with van der Waals surface area (Å²) in [5.74, 6) is 1.63. The van der Waals surface area contributed by atoms with Crippen LogP contribution in [0.5, 0.6) is 5.75 Å². The molecule has 2 heterocycles. The van der Waals surface area contributed by atoms with Crippen molar-refractivity contribution in [1.82, 2.24) is 19.4 Å². The van der Waals surface area contributed by atoms with Gasteiger partial charge in [0.25, 0.3) is 5.91 Å². The number of aromatic nitrogens is 3. The maximum Gasteiger partial charge on any atom is 0.254 e. The van der Waals surface area contributed by atoms with Crippen molar-refractivity contribution in [3.05, 3.63) is 47.7 Å². The zero-order valence-corrected chi connectivity index (χ0v) is 20.4. The Morgan fingerprint density at radius 3 is 2.61 bits per heavy atom. The van der Waals surface area contributed by atoms with Crippen LogP contribution >= 0.6 is 0 Å². The van der Waals surface area contributed by atoms with Crippen LogP contribution in [-0.4, -0.2) is 58.6 Å². The van der Waals surface area contributed by atoms with Crippen LogP contribution in [-0.2, 0) is 6.54 Å². The van der Waals surface area contributed by atoms with E-state index in [0.717, 1.165) is 29.9 Å². The molecule has 0 N–H and O–H groups in total. The summed E-state index contributed by atoms with van der Waals surface area (Å²) in [6, 6.07) is 10.3. The third-order valence-corrected chi connectivity index (χ3v) is 6.53. The first-order valence-corrected chi connectivity index (χ1v) is 11.9. The number of carbonyl (C=O) groups excluding carboxylic acids is 1. The minimum atomic E-state index is 0.0908. The molecule has 4 rings (SSSR count). The highest BCUT2D eigenvalue weighted by Gasteiger charge is 2.29. The van der Waals surface area contributed by atoms with E-state index in [1.54, 1.807) is 13.3 Å². The molecule has 1 aliphatic rings. The average molecular weight is 450 g/mol. The number of methoxy groups -OCH3 is 1. The molecule has 0 radical (unpaired) electrons. The lowest BCUT2D eigenvalue weighted by Crippen LogP contribution is -2.45. The van der Waals surface area contributed by atoms with Crippen LogP contribution in [0.25, 0.3) is 11.2 Å². The van der Waals surface area contributed by atoms with Crippen LogP contribution in [0, 0.1) is 0 Å². The van der Waals surface area contributed by atoms with Gasteiger partial charge in [-0.1, -0.05) is 25.3 Å². The van der Waals surface area contributed by atoms with E-state index in [9.17, 15) is 4.79 Å². The van der Waals surface area contributed by atoms with Gasteiger partial charge in [-0.15, -0.1) is 0 Å². The van der Waals surface area contributed by atoms with Crippen LogP contribution in [0.15, 0.2) is 36.5 Å². The van der Waals surface area contributed by atoms with Crippen molar-refractivity contribution in [3.8, 4) is 5.75 Å². The van der Waals surface area contributed by atoms with E-state index in [-0.39, 0.29) is 11.9 Å². The molecule has 1 saturated carbocycles. The third-order valence-electron chi connectivity index (χ3n) is 6.53. The molecule has 7 heteroatoms. The number of hydrogen-bond donors (Lipinski definition) is 0. The van der Waals surface area contributed by atoms with Gasteiger partial charge in [0, 0.05) is 43.5 Å². The molecule has 3 aromatic rings. The Morgan fingerprint density at radius 1 is 1.18 bits per heavy atom. The number of benzene rings is 1. The van der Waals surface area contributed by atoms with E-state index in [2.05, 4.69) is 33.3 Å². The predicted octanol–water partition coefficient (Wildman–Crippen LogP) is 4.74. The number of hydrogen-bond acceptors (Lipinski definition) is 5. The topological polar surface area (TPSA) is 63.5 Å². The predicted molar refractivity (Wildman–Crippen MR) is 132 cm³/mol. The molecule has 0 atom stereocenters. The molecule has 0 saturated heterocycles. The summed E-state index contributed by atoms with van der Waals surface area (Å²) in [5, 5.41) is 0. The SMILES string of the molecule is COc1cc(C(=O)N(C(C)C)C2CCCCC2)ccc1Cn1c(N(C)C)nc2ncccc21. The smallest absolute Gasteiger partial charge is 0.254 e. The summed E-state index contributed by atoms with van der Waals surface area (Å²) in [4.78, 5) is 26.7. The van der Waals surface area contributed by atoms with Crippen molar-refractivity contribution in [1.29, 1.82) is 0 Å². The summed E-state index contributed by atoms with van der Waals surface area (Å²) in [6.07, 6.45) is 7.61. The number of anilines is 1. The number of ether oxygens (including phenoxy) is 1. The number of rotatable bonds is 7. The maximum absolute atomic E-state index is 13.5. The first-order valence-electron chi connectivity index (χ1n) is 11.9. The lowest BCUT2D eigenvalue weighted by atomic mass is 9.92. The fraction of sp³-hybridized carbons (Fsp3) is 0.500. The Morgan fingerprint density at radius 2 is 1.94 bits per heavy atom. The summed E-state index contributed by atoms with van der Waals surface area (Å²) >= 11 is 0. The normalized spacial score (nSPS) is 14.6. The average Bonchev–Trinajstić information content (AvgIpc) is 3.18. The van der Waals surface area contributed by atoms with Gasteiger partial charge >= 0.3 is 0 Å². The standard InChI is InChI=1S/C26H35N5O2/c1-18(2)31(21-10-7-6-8-11-21)25(32)19-13-14-20(23(16-19)33-5)17-30-22-12-9-15-27-24(22)28-26(30)29(3)4/h9,12-16,18,21H,6-8,10-11,17H2,1-5H3. The first kappa shape index (κ1) is 23.1. The fourth-order valence-electron chi connectivity index (χ4n) is 4.95. The van der Waals surface area contributed by atoms with Gasteiger partial charge in [-0.2, -0.15) is 4.98 Å². The first-order chi connectivity index (χ1) is 15.9. The molecule has 0 unspecified atom stereocenters. The van der Waals surface area contributed by atoms with E-state index in [1.165, 1.54) is 19.3 Å². The zero-order valence-electron chi connectivity index (χ0n) is 20.4. The lowest BCUT2D eigenvalue weighted by molar-refractivity contribution is 0.0555. The second-order valence-corrected chi connectivity index (χ2v) is 9.36. The highest BCUT2D eigenvalue weighted by Crippen LogP contribution is 2.29. The van der Waals surface area contributed by atoms with Crippen molar-refractivity contribution in [3.63, 3.8) is 0 Å². The largest absolute Gasteiger partial charge is 0.496 e. The number of fused-ring (bicyclic) bond motifs is 1. The van der Waals surface area contributed by atoms with Crippen molar-refractivity contribution in [2.75, 3.05) is 26.1 Å². The number of imidazole rings is 1. The molecule has 7 nitrogen and oxygen atoms in total. The van der Waals surface area contributed by atoms with E-state index in [0.29, 0.717) is 29.5 Å². The van der Waals surface area contributed by atoms with E-state index in [1.807, 2.05) is 49.3 Å². The highest BCUT2D eigenvalue weighted by molar-refractivity contribution is 5.95. The summed E-state index contributed by atoms with van der Waals surface area (Å²) < 4.78 is 7.88. The Labute approximate surface area is 196 Å². The summed E-state index contributed by atoms with van der Waals surface area (Å²) in [5.41, 5.74) is 3.35. The van der Waals surface area contributed by atoms with Gasteiger partial charge in [-0.3, -0.25) is 4.79 Å². The van der Waals surface area contributed by atoms with E-state index >= 15 is 0 Å². The van der Waals surface area contributed by atoms with Crippen molar-refractivity contribution in [2.45, 2.75) is 64.6 Å². The van der Waals surface area contributed by atoms with E-state index in [4.69, 9.17) is 4.74 Å². The maximum atomic E-state index is 13.5. The van der Waals surface area contributed by atoms with Crippen LogP contribution in [0.4, 0.5) is 5.95 Å². The van der Waals surface area contributed by atoms with Crippen molar-refractivity contribution >= 4 is 23.0 Å². The zero-order chi connectivity index (χ0) is 23.5. The molecule has 0 aliphatic heterocycles. The molecule has 176 valence electrons. The molecule has 0 spiro atoms. The molecule has 0 bridgehead atoms. The van der Waals surface area contributed by atoms with Gasteiger partial charge in [0.2, 0.25) is 5.95 Å². The minimum absolute atomic E-state index is 0.0908. The van der Waals surface area contributed by atoms with Crippen LogP contribution in [0.1, 0.15) is 61.9 Å². The second-order valence-electron chi connectivity index (χ2n) is 9.36. The molecular formula is C26H35N5O2. The van der Waals surface area contributed by atoms with Gasteiger partial charge in [-0.05, 0) is 51.0 Å². The fourth-order valence-corrected chi connectivity index (χ4v) is 4.95. The molecule has 1 amide bonds. The number of amides is 1. The number of nitrogens with zero attached hydrogens (tertiary/aromatic N) is 5. The lowest BCUT2D eigenvalue weighted by Gasteiger charge is -2.37. The summed E-state index contributed by atoms with van der Waals surface area (Å²) in [6.45, 7) is 4.79. The van der Waals surface area contributed by atoms with Crippen LogP contribution < -0.4 is 9.64 Å². The number of pyridine rings is 1. The third kappa shape index (κ3) is 4.68. The Hall–Kier alpha value is -3.09.